The number of benzene rings is 1. The summed E-state index contributed by atoms with van der Waals surface area (Å²) in [4.78, 5) is 34.6. The van der Waals surface area contributed by atoms with E-state index in [1.807, 2.05) is 0 Å². The van der Waals surface area contributed by atoms with Gasteiger partial charge in [-0.25, -0.2) is 4.79 Å². The van der Waals surface area contributed by atoms with Gasteiger partial charge in [-0.2, -0.15) is 0 Å². The highest BCUT2D eigenvalue weighted by molar-refractivity contribution is 6.34. The van der Waals surface area contributed by atoms with Crippen LogP contribution in [0.3, 0.4) is 0 Å². The Bertz CT molecular complexity index is 501. The Kier molecular flexibility index (Phi) is 3.10. The van der Waals surface area contributed by atoms with Crippen LogP contribution in [0.25, 0.3) is 0 Å². The third kappa shape index (κ3) is 2.29. The van der Waals surface area contributed by atoms with E-state index in [4.69, 9.17) is 11.6 Å². The molecule has 1 N–H and O–H groups in total. The quantitative estimate of drug-likeness (QED) is 0.813. The third-order valence-electron chi connectivity index (χ3n) is 2.45. The number of rotatable bonds is 2. The van der Waals surface area contributed by atoms with Gasteiger partial charge in [-0.05, 0) is 12.1 Å². The van der Waals surface area contributed by atoms with Gasteiger partial charge in [0.2, 0.25) is 5.91 Å². The summed E-state index contributed by atoms with van der Waals surface area (Å²) < 4.78 is 0. The molecule has 3 amide bonds. The second-order valence-electron chi connectivity index (χ2n) is 3.58. The van der Waals surface area contributed by atoms with Gasteiger partial charge in [-0.3, -0.25) is 19.8 Å². The molecule has 0 aliphatic carbocycles. The Morgan fingerprint density at radius 1 is 1.35 bits per heavy atom. The Hall–Kier alpha value is -1.88. The van der Waals surface area contributed by atoms with E-state index in [1.165, 1.54) is 11.0 Å². The first-order valence-electron chi connectivity index (χ1n) is 4.98. The molecule has 2 rings (SSSR count). The molecule has 6 heteroatoms. The number of nitrogens with one attached hydrogen (secondary N) is 1. The van der Waals surface area contributed by atoms with E-state index in [0.29, 0.717) is 22.6 Å². The molecule has 0 unspecified atom stereocenters. The van der Waals surface area contributed by atoms with Crippen molar-refractivity contribution in [1.82, 2.24) is 5.32 Å². The maximum atomic E-state index is 11.6. The predicted molar refractivity (Wildman–Crippen MR) is 62.3 cm³/mol. The average molecular weight is 253 g/mol. The number of amides is 3. The molecule has 0 saturated carbocycles. The largest absolute Gasteiger partial charge is 0.328 e. The number of hydrogen-bond donors (Lipinski definition) is 1. The molecule has 17 heavy (non-hydrogen) atoms. The molecule has 1 fully saturated rings. The van der Waals surface area contributed by atoms with Crippen LogP contribution in [0, 0.1) is 0 Å². The van der Waals surface area contributed by atoms with Crippen LogP contribution >= 0.6 is 11.6 Å². The second kappa shape index (κ2) is 4.55. The number of urea groups is 1. The monoisotopic (exact) mass is 252 g/mol. The van der Waals surface area contributed by atoms with Crippen LogP contribution < -0.4 is 10.2 Å². The first-order valence-corrected chi connectivity index (χ1v) is 5.35. The van der Waals surface area contributed by atoms with Crippen molar-refractivity contribution in [3.05, 3.63) is 28.8 Å². The molecule has 0 radical (unpaired) electrons. The van der Waals surface area contributed by atoms with Crippen molar-refractivity contribution in [2.75, 3.05) is 11.4 Å². The molecule has 1 aliphatic rings. The highest BCUT2D eigenvalue weighted by Crippen LogP contribution is 2.27. The summed E-state index contributed by atoms with van der Waals surface area (Å²) in [6.45, 7) is 0.257. The van der Waals surface area contributed by atoms with Crippen molar-refractivity contribution in [2.45, 2.75) is 6.42 Å². The molecule has 88 valence electrons. The van der Waals surface area contributed by atoms with Crippen molar-refractivity contribution in [3.8, 4) is 0 Å². The van der Waals surface area contributed by atoms with Gasteiger partial charge in [0.15, 0.2) is 0 Å². The standard InChI is InChI=1S/C11H9ClN2O3/c12-8-2-1-7(6-15)5-9(8)14-4-3-10(16)13-11(14)17/h1-2,5-6H,3-4H2,(H,13,16,17). The molecule has 1 aromatic rings. The van der Waals surface area contributed by atoms with Crippen molar-refractivity contribution >= 4 is 35.5 Å². The van der Waals surface area contributed by atoms with Crippen LogP contribution in [-0.4, -0.2) is 24.8 Å². The lowest BCUT2D eigenvalue weighted by molar-refractivity contribution is -0.120. The lowest BCUT2D eigenvalue weighted by Crippen LogP contribution is -2.49. The maximum absolute atomic E-state index is 11.6. The van der Waals surface area contributed by atoms with E-state index < -0.39 is 6.03 Å². The van der Waals surface area contributed by atoms with E-state index in [9.17, 15) is 14.4 Å². The summed E-state index contributed by atoms with van der Waals surface area (Å²) in [5, 5.41) is 2.55. The summed E-state index contributed by atoms with van der Waals surface area (Å²) in [5.41, 5.74) is 0.857. The highest BCUT2D eigenvalue weighted by Gasteiger charge is 2.25. The molecule has 1 saturated heterocycles. The predicted octanol–water partition coefficient (Wildman–Crippen LogP) is 1.60. The van der Waals surface area contributed by atoms with Crippen molar-refractivity contribution in [1.29, 1.82) is 0 Å². The van der Waals surface area contributed by atoms with Gasteiger partial charge >= 0.3 is 6.03 Å². The summed E-state index contributed by atoms with van der Waals surface area (Å²) in [6, 6.07) is 4.10. The number of carbonyl (C=O) groups is 3. The minimum Gasteiger partial charge on any atom is -0.298 e. The number of anilines is 1. The number of halogens is 1. The zero-order valence-electron chi connectivity index (χ0n) is 8.77. The van der Waals surface area contributed by atoms with Crippen molar-refractivity contribution in [3.63, 3.8) is 0 Å². The van der Waals surface area contributed by atoms with Crippen LogP contribution in [0.5, 0.6) is 0 Å². The smallest absolute Gasteiger partial charge is 0.298 e. The average Bonchev–Trinajstić information content (AvgIpc) is 2.30. The molecule has 1 aliphatic heterocycles. The SMILES string of the molecule is O=Cc1ccc(Cl)c(N2CCC(=O)NC2=O)c1. The Morgan fingerprint density at radius 2 is 2.12 bits per heavy atom. The van der Waals surface area contributed by atoms with Gasteiger partial charge in [-0.1, -0.05) is 17.7 Å². The van der Waals surface area contributed by atoms with Crippen LogP contribution in [0.2, 0.25) is 5.02 Å². The Labute approximate surface area is 102 Å². The number of imide groups is 1. The fraction of sp³-hybridized carbons (Fsp3) is 0.182. The van der Waals surface area contributed by atoms with E-state index in [2.05, 4.69) is 5.32 Å². The maximum Gasteiger partial charge on any atom is 0.328 e. The number of hydrogen-bond acceptors (Lipinski definition) is 3. The molecule has 1 aromatic carbocycles. The summed E-state index contributed by atoms with van der Waals surface area (Å²) >= 11 is 5.97. The zero-order valence-corrected chi connectivity index (χ0v) is 9.53. The van der Waals surface area contributed by atoms with Crippen LogP contribution in [0.1, 0.15) is 16.8 Å². The minimum absolute atomic E-state index is 0.216. The summed E-state index contributed by atoms with van der Waals surface area (Å²) in [6.07, 6.45) is 0.889. The van der Waals surface area contributed by atoms with E-state index in [-0.39, 0.29) is 18.9 Å². The van der Waals surface area contributed by atoms with Gasteiger partial charge in [0.25, 0.3) is 0 Å². The normalized spacial score (nSPS) is 15.7. The van der Waals surface area contributed by atoms with Crippen LogP contribution in [0.4, 0.5) is 10.5 Å². The van der Waals surface area contributed by atoms with Gasteiger partial charge in [0.05, 0.1) is 10.7 Å². The number of aldehydes is 1. The first-order chi connectivity index (χ1) is 8.11. The Balaban J connectivity index is 2.36. The molecule has 5 nitrogen and oxygen atoms in total. The number of nitrogens with zero attached hydrogens (tertiary/aromatic N) is 1. The summed E-state index contributed by atoms with van der Waals surface area (Å²) in [5.74, 6) is -0.311. The van der Waals surface area contributed by atoms with Crippen molar-refractivity contribution in [2.24, 2.45) is 0 Å². The fourth-order valence-corrected chi connectivity index (χ4v) is 1.82. The molecule has 0 aromatic heterocycles. The Morgan fingerprint density at radius 3 is 2.76 bits per heavy atom. The number of carbonyl (C=O) groups excluding carboxylic acids is 3. The van der Waals surface area contributed by atoms with Gasteiger partial charge in [-0.15, -0.1) is 0 Å². The minimum atomic E-state index is -0.522. The van der Waals surface area contributed by atoms with E-state index >= 15 is 0 Å². The van der Waals surface area contributed by atoms with E-state index in [1.54, 1.807) is 12.1 Å². The van der Waals surface area contributed by atoms with Crippen molar-refractivity contribution < 1.29 is 14.4 Å². The lowest BCUT2D eigenvalue weighted by Gasteiger charge is -2.27. The topological polar surface area (TPSA) is 66.5 Å². The molecule has 0 spiro atoms. The second-order valence-corrected chi connectivity index (χ2v) is 3.99. The van der Waals surface area contributed by atoms with Crippen LogP contribution in [0.15, 0.2) is 18.2 Å². The molecular formula is C11H9ClN2O3. The lowest BCUT2D eigenvalue weighted by atomic mass is 10.2. The van der Waals surface area contributed by atoms with Crippen LogP contribution in [-0.2, 0) is 4.79 Å². The van der Waals surface area contributed by atoms with E-state index in [0.717, 1.165) is 0 Å². The molecule has 0 bridgehead atoms. The van der Waals surface area contributed by atoms with Gasteiger partial charge < -0.3 is 0 Å². The fourth-order valence-electron chi connectivity index (χ4n) is 1.60. The summed E-state index contributed by atoms with van der Waals surface area (Å²) in [7, 11) is 0. The van der Waals surface area contributed by atoms with Gasteiger partial charge in [0, 0.05) is 18.5 Å². The molecule has 1 heterocycles. The zero-order chi connectivity index (χ0) is 12.4. The highest BCUT2D eigenvalue weighted by atomic mass is 35.5. The van der Waals surface area contributed by atoms with Gasteiger partial charge in [0.1, 0.15) is 6.29 Å². The first kappa shape index (κ1) is 11.6. The third-order valence-corrected chi connectivity index (χ3v) is 2.77. The molecular weight excluding hydrogens is 244 g/mol. The molecule has 0 atom stereocenters.